The number of hydrogen-bond donors (Lipinski definition) is 1. The van der Waals surface area contributed by atoms with Gasteiger partial charge in [-0.25, -0.2) is 14.6 Å². The number of pyridine rings is 1. The first-order valence-electron chi connectivity index (χ1n) is 13.2. The zero-order valence-corrected chi connectivity index (χ0v) is 22.2. The van der Waals surface area contributed by atoms with E-state index in [4.69, 9.17) is 21.1 Å². The molecule has 1 saturated heterocycles. The third kappa shape index (κ3) is 6.43. The van der Waals surface area contributed by atoms with Crippen LogP contribution in [0.1, 0.15) is 52.5 Å². The molecular weight excluding hydrogens is 480 g/mol. The van der Waals surface area contributed by atoms with Gasteiger partial charge < -0.3 is 19.7 Å². The Morgan fingerprint density at radius 1 is 1.08 bits per heavy atom. The fourth-order valence-corrected chi connectivity index (χ4v) is 4.46. The molecule has 9 heteroatoms. The van der Waals surface area contributed by atoms with Crippen molar-refractivity contribution >= 4 is 23.4 Å². The minimum absolute atomic E-state index is 0.219. The number of aromatic nitrogens is 3. The van der Waals surface area contributed by atoms with Crippen molar-refractivity contribution in [3.8, 4) is 16.9 Å². The normalized spacial score (nSPS) is 16.1. The number of nitrogens with zero attached hydrogens (tertiary/aromatic N) is 5. The summed E-state index contributed by atoms with van der Waals surface area (Å²) in [5, 5.41) is 8.01. The minimum atomic E-state index is -0.492. The summed E-state index contributed by atoms with van der Waals surface area (Å²) >= 11 is 0. The van der Waals surface area contributed by atoms with Gasteiger partial charge in [-0.15, -0.1) is 0 Å². The van der Waals surface area contributed by atoms with Gasteiger partial charge in [0.15, 0.2) is 5.82 Å². The maximum atomic E-state index is 12.3. The average molecular weight is 515 g/mol. The zero-order valence-electron chi connectivity index (χ0n) is 22.2. The molecule has 2 fully saturated rings. The number of amides is 1. The summed E-state index contributed by atoms with van der Waals surface area (Å²) in [5.74, 6) is 2.65. The molecule has 198 valence electrons. The molecule has 0 bridgehead atoms. The van der Waals surface area contributed by atoms with E-state index in [1.165, 1.54) is 12.8 Å². The maximum Gasteiger partial charge on any atom is 0.410 e. The van der Waals surface area contributed by atoms with Gasteiger partial charge in [-0.3, -0.25) is 4.68 Å². The van der Waals surface area contributed by atoms with Gasteiger partial charge in [0.05, 0.1) is 19.2 Å². The summed E-state index contributed by atoms with van der Waals surface area (Å²) in [6.07, 6.45) is 7.51. The van der Waals surface area contributed by atoms with Crippen molar-refractivity contribution in [3.63, 3.8) is 0 Å². The number of piperidine rings is 1. The Bertz CT molecular complexity index is 1330. The number of anilines is 2. The molecule has 1 amide bonds. The Morgan fingerprint density at radius 2 is 1.84 bits per heavy atom. The lowest BCUT2D eigenvalue weighted by molar-refractivity contribution is 0.0185. The van der Waals surface area contributed by atoms with Gasteiger partial charge in [-0.2, -0.15) is 5.10 Å². The van der Waals surface area contributed by atoms with E-state index in [0.29, 0.717) is 48.7 Å². The maximum absolute atomic E-state index is 12.3. The Kier molecular flexibility index (Phi) is 7.23. The summed E-state index contributed by atoms with van der Waals surface area (Å²) in [7, 11) is 0. The average Bonchev–Trinajstić information content (AvgIpc) is 3.62. The Balaban J connectivity index is 1.20. The summed E-state index contributed by atoms with van der Waals surface area (Å²) in [4.78, 5) is 22.2. The second-order valence-electron chi connectivity index (χ2n) is 11.0. The largest absolute Gasteiger partial charge is 0.504 e. The zero-order chi connectivity index (χ0) is 26.7. The molecule has 0 unspecified atom stereocenters. The van der Waals surface area contributed by atoms with Crippen LogP contribution in [-0.2, 0) is 4.74 Å². The first-order valence-corrected chi connectivity index (χ1v) is 13.2. The Morgan fingerprint density at radius 3 is 2.55 bits per heavy atom. The molecule has 2 aliphatic rings. The molecule has 1 aromatic carbocycles. The topological polar surface area (TPSA) is 85.9 Å². The van der Waals surface area contributed by atoms with Crippen LogP contribution in [0.2, 0.25) is 0 Å². The fraction of sp³-hybridized carbons (Fsp3) is 0.448. The van der Waals surface area contributed by atoms with Crippen molar-refractivity contribution in [1.82, 2.24) is 19.7 Å². The lowest BCUT2D eigenvalue weighted by Gasteiger charge is -2.33. The monoisotopic (exact) mass is 514 g/mol. The molecule has 3 aromatic rings. The molecule has 1 saturated carbocycles. The highest BCUT2D eigenvalue weighted by molar-refractivity contribution is 5.74. The van der Waals surface area contributed by atoms with Crippen LogP contribution in [0.4, 0.5) is 22.1 Å². The third-order valence-electron chi connectivity index (χ3n) is 6.70. The molecule has 38 heavy (non-hydrogen) atoms. The number of carbonyl (C=O) groups excluding carboxylic acids is 1. The summed E-state index contributed by atoms with van der Waals surface area (Å²) in [6, 6.07) is 11.8. The van der Waals surface area contributed by atoms with E-state index < -0.39 is 5.60 Å². The molecule has 1 aliphatic heterocycles. The SMILES string of the molecule is [C-]#[N+]c1cc(-c2ccnc(Nc3ccn(C4CCN(C(=O)OC(C)(C)C)CC4)n3)c2)ccc1OCC1CC1. The van der Waals surface area contributed by atoms with Crippen molar-refractivity contribution in [2.24, 2.45) is 5.92 Å². The standard InChI is InChI=1S/C29H34N6O3/c1-29(2,3)38-28(36)34-14-10-23(11-15-34)35-16-12-26(33-35)32-27-18-22(9-13-31-27)21-7-8-25(24(17-21)30-4)37-19-20-5-6-20/h7-9,12-13,16-18,20,23H,5-6,10-11,14-15,19H2,1-3H3,(H,31,32,33). The van der Waals surface area contributed by atoms with Gasteiger partial charge >= 0.3 is 6.09 Å². The van der Waals surface area contributed by atoms with Gasteiger partial charge in [-0.05, 0) is 87.8 Å². The van der Waals surface area contributed by atoms with Gasteiger partial charge in [0.1, 0.15) is 17.2 Å². The molecule has 5 rings (SSSR count). The van der Waals surface area contributed by atoms with Crippen molar-refractivity contribution in [2.45, 2.75) is 58.1 Å². The van der Waals surface area contributed by atoms with Gasteiger partial charge in [0, 0.05) is 31.5 Å². The molecule has 1 aliphatic carbocycles. The number of nitrogens with one attached hydrogen (secondary N) is 1. The molecular formula is C29H34N6O3. The molecule has 0 atom stereocenters. The van der Waals surface area contributed by atoms with Crippen LogP contribution in [-0.4, -0.2) is 51.1 Å². The van der Waals surface area contributed by atoms with Crippen LogP contribution in [0.3, 0.4) is 0 Å². The Hall–Kier alpha value is -4.06. The van der Waals surface area contributed by atoms with E-state index >= 15 is 0 Å². The van der Waals surface area contributed by atoms with Crippen LogP contribution >= 0.6 is 0 Å². The van der Waals surface area contributed by atoms with Crippen LogP contribution in [0, 0.1) is 12.5 Å². The first-order chi connectivity index (χ1) is 18.3. The summed E-state index contributed by atoms with van der Waals surface area (Å²) in [5.41, 5.74) is 1.91. The van der Waals surface area contributed by atoms with Crippen LogP contribution in [0.15, 0.2) is 48.8 Å². The predicted octanol–water partition coefficient (Wildman–Crippen LogP) is 6.60. The molecule has 0 radical (unpaired) electrons. The van der Waals surface area contributed by atoms with E-state index in [1.54, 1.807) is 11.1 Å². The number of carbonyl (C=O) groups is 1. The lowest BCUT2D eigenvalue weighted by atomic mass is 10.1. The lowest BCUT2D eigenvalue weighted by Crippen LogP contribution is -2.42. The molecule has 9 nitrogen and oxygen atoms in total. The molecule has 0 spiro atoms. The van der Waals surface area contributed by atoms with Crippen molar-refractivity contribution in [1.29, 1.82) is 0 Å². The molecule has 2 aromatic heterocycles. The number of hydrogen-bond acceptors (Lipinski definition) is 6. The second-order valence-corrected chi connectivity index (χ2v) is 11.0. The number of ether oxygens (including phenoxy) is 2. The smallest absolute Gasteiger partial charge is 0.410 e. The first kappa shape index (κ1) is 25.6. The third-order valence-corrected chi connectivity index (χ3v) is 6.70. The van der Waals surface area contributed by atoms with Crippen molar-refractivity contribution in [2.75, 3.05) is 25.0 Å². The van der Waals surface area contributed by atoms with E-state index in [0.717, 1.165) is 24.0 Å². The van der Waals surface area contributed by atoms with Crippen molar-refractivity contribution < 1.29 is 14.3 Å². The van der Waals surface area contributed by atoms with E-state index in [-0.39, 0.29) is 12.1 Å². The number of benzene rings is 1. The van der Waals surface area contributed by atoms with Gasteiger partial charge in [0.25, 0.3) is 0 Å². The van der Waals surface area contributed by atoms with Crippen LogP contribution < -0.4 is 10.1 Å². The van der Waals surface area contributed by atoms with Crippen molar-refractivity contribution in [3.05, 3.63) is 60.2 Å². The van der Waals surface area contributed by atoms with E-state index in [9.17, 15) is 4.79 Å². The number of likely N-dealkylation sites (tertiary alicyclic amines) is 1. The van der Waals surface area contributed by atoms with Crippen LogP contribution in [0.5, 0.6) is 5.75 Å². The highest BCUT2D eigenvalue weighted by Gasteiger charge is 2.28. The van der Waals surface area contributed by atoms with Gasteiger partial charge in [0.2, 0.25) is 5.69 Å². The summed E-state index contributed by atoms with van der Waals surface area (Å²) in [6.45, 7) is 15.2. The Labute approximate surface area is 223 Å². The summed E-state index contributed by atoms with van der Waals surface area (Å²) < 4.78 is 13.3. The van der Waals surface area contributed by atoms with E-state index in [2.05, 4.69) is 15.1 Å². The fourth-order valence-electron chi connectivity index (χ4n) is 4.46. The van der Waals surface area contributed by atoms with Gasteiger partial charge in [-0.1, -0.05) is 6.07 Å². The number of rotatable bonds is 7. The molecule has 3 heterocycles. The second kappa shape index (κ2) is 10.7. The van der Waals surface area contributed by atoms with Crippen LogP contribution in [0.25, 0.3) is 16.0 Å². The highest BCUT2D eigenvalue weighted by Crippen LogP contribution is 2.36. The van der Waals surface area contributed by atoms with E-state index in [1.807, 2.05) is 68.0 Å². The molecule has 1 N–H and O–H groups in total. The predicted molar refractivity (Wildman–Crippen MR) is 146 cm³/mol. The minimum Gasteiger partial charge on any atom is -0.504 e. The quantitative estimate of drug-likeness (QED) is 0.358. The highest BCUT2D eigenvalue weighted by atomic mass is 16.6.